The van der Waals surface area contributed by atoms with Crippen molar-refractivity contribution in [2.24, 2.45) is 5.41 Å². The molecule has 1 fully saturated rings. The van der Waals surface area contributed by atoms with Crippen LogP contribution in [-0.4, -0.2) is 35.7 Å². The molecule has 136 valence electrons. The molecule has 0 saturated carbocycles. The number of piperidine rings is 1. The van der Waals surface area contributed by atoms with Crippen LogP contribution in [-0.2, 0) is 6.42 Å². The summed E-state index contributed by atoms with van der Waals surface area (Å²) in [6, 6.07) is 7.78. The topological polar surface area (TPSA) is 51.7 Å². The smallest absolute Gasteiger partial charge is 0.255 e. The first kappa shape index (κ1) is 17.2. The van der Waals surface area contributed by atoms with Gasteiger partial charge >= 0.3 is 0 Å². The van der Waals surface area contributed by atoms with Crippen LogP contribution in [0.3, 0.4) is 0 Å². The van der Waals surface area contributed by atoms with Crippen molar-refractivity contribution in [1.29, 1.82) is 0 Å². The van der Waals surface area contributed by atoms with Gasteiger partial charge in [-0.3, -0.25) is 9.78 Å². The van der Waals surface area contributed by atoms with Crippen LogP contribution in [0.15, 0.2) is 36.7 Å². The third-order valence-corrected chi connectivity index (χ3v) is 5.29. The molecule has 0 aliphatic carbocycles. The first-order chi connectivity index (χ1) is 12.5. The lowest BCUT2D eigenvalue weighted by atomic mass is 9.76. The van der Waals surface area contributed by atoms with Crippen LogP contribution in [0.25, 0.3) is 0 Å². The molecule has 0 bridgehead atoms. The molecule has 3 heterocycles. The number of rotatable bonds is 3. The van der Waals surface area contributed by atoms with E-state index in [1.54, 1.807) is 12.3 Å². The van der Waals surface area contributed by atoms with Crippen LogP contribution < -0.4 is 9.47 Å². The van der Waals surface area contributed by atoms with Gasteiger partial charge in [-0.25, -0.2) is 0 Å². The van der Waals surface area contributed by atoms with Gasteiger partial charge in [0.1, 0.15) is 0 Å². The number of amides is 1. The molecular formula is C20H21ClN2O3. The molecule has 1 aromatic carbocycles. The summed E-state index contributed by atoms with van der Waals surface area (Å²) in [4.78, 5) is 18.8. The fourth-order valence-corrected chi connectivity index (χ4v) is 4.06. The number of benzene rings is 1. The number of hydrogen-bond acceptors (Lipinski definition) is 4. The van der Waals surface area contributed by atoms with Crippen molar-refractivity contribution in [1.82, 2.24) is 9.88 Å². The van der Waals surface area contributed by atoms with Crippen LogP contribution >= 0.6 is 11.6 Å². The lowest BCUT2D eigenvalue weighted by molar-refractivity contribution is 0.0550. The number of carbonyl (C=O) groups excluding carboxylic acids is 1. The summed E-state index contributed by atoms with van der Waals surface area (Å²) in [5.41, 5.74) is 1.77. The summed E-state index contributed by atoms with van der Waals surface area (Å²) in [6.07, 6.45) is 6.08. The molecule has 6 heteroatoms. The minimum absolute atomic E-state index is 0.00314. The van der Waals surface area contributed by atoms with E-state index in [4.69, 9.17) is 21.1 Å². The summed E-state index contributed by atoms with van der Waals surface area (Å²) in [6.45, 7) is 4.01. The number of fused-ring (bicyclic) bond motifs is 1. The van der Waals surface area contributed by atoms with E-state index in [-0.39, 0.29) is 18.1 Å². The second-order valence-corrected chi connectivity index (χ2v) is 7.83. The third kappa shape index (κ3) is 3.49. The van der Waals surface area contributed by atoms with Gasteiger partial charge in [0.2, 0.25) is 6.79 Å². The van der Waals surface area contributed by atoms with E-state index in [2.05, 4.69) is 24.0 Å². The Morgan fingerprint density at radius 2 is 2.12 bits per heavy atom. The van der Waals surface area contributed by atoms with Crippen LogP contribution in [0.2, 0.25) is 5.02 Å². The molecule has 2 aliphatic heterocycles. The Bertz CT molecular complexity index is 842. The molecule has 0 radical (unpaired) electrons. The molecule has 1 saturated heterocycles. The molecule has 0 N–H and O–H groups in total. The van der Waals surface area contributed by atoms with E-state index in [0.29, 0.717) is 17.1 Å². The van der Waals surface area contributed by atoms with E-state index < -0.39 is 0 Å². The maximum atomic E-state index is 12.8. The zero-order valence-corrected chi connectivity index (χ0v) is 15.5. The number of carbonyl (C=O) groups is 1. The largest absolute Gasteiger partial charge is 0.454 e. The lowest BCUT2D eigenvalue weighted by Crippen LogP contribution is -2.45. The number of likely N-dealkylation sites (tertiary alicyclic amines) is 1. The number of nitrogens with zero attached hydrogens (tertiary/aromatic N) is 2. The maximum Gasteiger partial charge on any atom is 0.255 e. The maximum absolute atomic E-state index is 12.8. The molecule has 5 nitrogen and oxygen atoms in total. The van der Waals surface area contributed by atoms with E-state index in [1.165, 1.54) is 11.8 Å². The molecule has 4 rings (SSSR count). The molecule has 2 aromatic rings. The number of ether oxygens (including phenoxy) is 2. The van der Waals surface area contributed by atoms with E-state index in [1.807, 2.05) is 11.0 Å². The van der Waals surface area contributed by atoms with Gasteiger partial charge in [0.15, 0.2) is 11.5 Å². The highest BCUT2D eigenvalue weighted by Crippen LogP contribution is 2.37. The molecule has 26 heavy (non-hydrogen) atoms. The van der Waals surface area contributed by atoms with Crippen LogP contribution in [0.5, 0.6) is 11.5 Å². The minimum atomic E-state index is -0.00314. The van der Waals surface area contributed by atoms with Crippen molar-refractivity contribution >= 4 is 17.5 Å². The van der Waals surface area contributed by atoms with Gasteiger partial charge in [-0.15, -0.1) is 0 Å². The third-order valence-electron chi connectivity index (χ3n) is 5.09. The summed E-state index contributed by atoms with van der Waals surface area (Å²) < 4.78 is 10.9. The number of halogens is 1. The minimum Gasteiger partial charge on any atom is -0.454 e. The Morgan fingerprint density at radius 1 is 1.27 bits per heavy atom. The Kier molecular flexibility index (Phi) is 4.49. The van der Waals surface area contributed by atoms with Crippen molar-refractivity contribution in [3.8, 4) is 11.5 Å². The quantitative estimate of drug-likeness (QED) is 0.818. The highest BCUT2D eigenvalue weighted by Gasteiger charge is 2.34. The highest BCUT2D eigenvalue weighted by atomic mass is 35.5. The Balaban J connectivity index is 1.49. The van der Waals surface area contributed by atoms with E-state index in [9.17, 15) is 4.79 Å². The number of aromatic nitrogens is 1. The van der Waals surface area contributed by atoms with Crippen molar-refractivity contribution < 1.29 is 14.3 Å². The average molecular weight is 373 g/mol. The second kappa shape index (κ2) is 6.80. The lowest BCUT2D eigenvalue weighted by Gasteiger charge is -2.40. The summed E-state index contributed by atoms with van der Waals surface area (Å²) >= 11 is 5.98. The zero-order valence-electron chi connectivity index (χ0n) is 14.7. The number of hydrogen-bond donors (Lipinski definition) is 0. The first-order valence-electron chi connectivity index (χ1n) is 8.81. The van der Waals surface area contributed by atoms with Crippen molar-refractivity contribution in [3.05, 3.63) is 52.8 Å². The van der Waals surface area contributed by atoms with Crippen molar-refractivity contribution in [3.63, 3.8) is 0 Å². The summed E-state index contributed by atoms with van der Waals surface area (Å²) in [5.74, 6) is 1.60. The summed E-state index contributed by atoms with van der Waals surface area (Å²) in [7, 11) is 0. The number of pyridine rings is 1. The normalized spacial score (nSPS) is 21.7. The molecule has 1 aromatic heterocycles. The predicted molar refractivity (Wildman–Crippen MR) is 98.8 cm³/mol. The van der Waals surface area contributed by atoms with Crippen LogP contribution in [0, 0.1) is 5.41 Å². The van der Waals surface area contributed by atoms with Crippen LogP contribution in [0.1, 0.15) is 35.7 Å². The Morgan fingerprint density at radius 3 is 2.96 bits per heavy atom. The van der Waals surface area contributed by atoms with Crippen molar-refractivity contribution in [2.45, 2.75) is 26.2 Å². The molecular weight excluding hydrogens is 352 g/mol. The van der Waals surface area contributed by atoms with Gasteiger partial charge in [0.25, 0.3) is 5.91 Å². The molecule has 2 aliphatic rings. The standard InChI is InChI=1S/C20H21ClN2O3/c1-20(9-14-3-4-17-18(7-14)26-13-25-17)5-2-6-23(12-20)19(24)15-8-16(21)11-22-10-15/h3-4,7-8,10-11H,2,5-6,9,12-13H2,1H3. The van der Waals surface area contributed by atoms with E-state index >= 15 is 0 Å². The van der Waals surface area contributed by atoms with Crippen molar-refractivity contribution in [2.75, 3.05) is 19.9 Å². The van der Waals surface area contributed by atoms with Gasteiger partial charge in [0, 0.05) is 25.5 Å². The van der Waals surface area contributed by atoms with Gasteiger partial charge in [0.05, 0.1) is 10.6 Å². The van der Waals surface area contributed by atoms with Gasteiger partial charge < -0.3 is 14.4 Å². The van der Waals surface area contributed by atoms with Gasteiger partial charge in [-0.05, 0) is 48.4 Å². The SMILES string of the molecule is CC1(Cc2ccc3c(c2)OCO3)CCCN(C(=O)c2cncc(Cl)c2)C1. The molecule has 1 unspecified atom stereocenters. The first-order valence-corrected chi connectivity index (χ1v) is 9.19. The van der Waals surface area contributed by atoms with Crippen LogP contribution in [0.4, 0.5) is 0 Å². The molecule has 1 atom stereocenters. The van der Waals surface area contributed by atoms with E-state index in [0.717, 1.165) is 37.3 Å². The molecule has 1 amide bonds. The summed E-state index contributed by atoms with van der Waals surface area (Å²) in [5, 5.41) is 0.482. The fourth-order valence-electron chi connectivity index (χ4n) is 3.89. The van der Waals surface area contributed by atoms with Gasteiger partial charge in [-0.2, -0.15) is 0 Å². The Labute approximate surface area is 157 Å². The monoisotopic (exact) mass is 372 g/mol. The van der Waals surface area contributed by atoms with Gasteiger partial charge in [-0.1, -0.05) is 24.6 Å². The average Bonchev–Trinajstić information content (AvgIpc) is 3.08. The zero-order chi connectivity index (χ0) is 18.1. The fraction of sp³-hybridized carbons (Fsp3) is 0.400. The highest BCUT2D eigenvalue weighted by molar-refractivity contribution is 6.30. The Hall–Kier alpha value is -2.27. The molecule has 0 spiro atoms. The second-order valence-electron chi connectivity index (χ2n) is 7.40. The predicted octanol–water partition coefficient (Wildman–Crippen LogP) is 3.95.